The normalized spacial score (nSPS) is 17.6. The van der Waals surface area contributed by atoms with Gasteiger partial charge in [0.25, 0.3) is 0 Å². The summed E-state index contributed by atoms with van der Waals surface area (Å²) in [4.78, 5) is 26.3. The third-order valence-corrected chi connectivity index (χ3v) is 2.43. The third-order valence-electron chi connectivity index (χ3n) is 2.43. The summed E-state index contributed by atoms with van der Waals surface area (Å²) >= 11 is 0. The molecule has 0 aromatic heterocycles. The molecule has 1 aromatic carbocycles. The molecule has 0 fully saturated rings. The van der Waals surface area contributed by atoms with Crippen LogP contribution in [-0.4, -0.2) is 17.5 Å². The van der Waals surface area contributed by atoms with Crippen molar-refractivity contribution in [1.29, 1.82) is 0 Å². The van der Waals surface area contributed by atoms with Gasteiger partial charge in [0, 0.05) is 5.22 Å². The molecule has 0 radical (unpaired) electrons. The lowest BCUT2D eigenvalue weighted by Gasteiger charge is -2.05. The Hall–Kier alpha value is -2.23. The lowest BCUT2D eigenvalue weighted by atomic mass is 10.0. The number of fused-ring (bicyclic) bond motifs is 2. The monoisotopic (exact) mass is 198 g/mol. The Morgan fingerprint density at radius 3 is 2.80 bits per heavy atom. The second kappa shape index (κ2) is 2.63. The van der Waals surface area contributed by atoms with Crippen LogP contribution in [0.3, 0.4) is 0 Å². The minimum Gasteiger partial charge on any atom is -0.303 e. The Bertz CT molecular complexity index is 641. The molecule has 1 aliphatic heterocycles. The van der Waals surface area contributed by atoms with Crippen molar-refractivity contribution in [3.05, 3.63) is 34.7 Å². The second-order valence-corrected chi connectivity index (χ2v) is 3.36. The zero-order chi connectivity index (χ0) is 10.4. The van der Waals surface area contributed by atoms with E-state index in [0.717, 1.165) is 10.4 Å². The number of ketones is 1. The molecule has 2 amide bonds. The number of hydrogen-bond acceptors (Lipinski definition) is 2. The molecule has 72 valence electrons. The summed E-state index contributed by atoms with van der Waals surface area (Å²) < 4.78 is 0. The average molecular weight is 198 g/mol. The van der Waals surface area contributed by atoms with E-state index in [-0.39, 0.29) is 11.5 Å². The lowest BCUT2D eigenvalue weighted by Crippen LogP contribution is -2.39. The molecule has 0 unspecified atom stereocenters. The summed E-state index contributed by atoms with van der Waals surface area (Å²) in [5.74, 6) is -0.220. The predicted molar refractivity (Wildman–Crippen MR) is 54.5 cm³/mol. The van der Waals surface area contributed by atoms with Crippen LogP contribution in [0.5, 0.6) is 0 Å². The maximum Gasteiger partial charge on any atom is 0.346 e. The summed E-state index contributed by atoms with van der Waals surface area (Å²) in [5, 5.41) is 4.24. The Labute approximate surface area is 84.6 Å². The molecule has 0 saturated carbocycles. The third kappa shape index (κ3) is 1.05. The lowest BCUT2D eigenvalue weighted by molar-refractivity contribution is -0.107. The van der Waals surface area contributed by atoms with Crippen LogP contribution in [-0.2, 0) is 4.79 Å². The largest absolute Gasteiger partial charge is 0.346 e. The number of Topliss-reactive ketones (excluding diaryl/α,β-unsaturated/α-hetero) is 1. The number of rotatable bonds is 0. The first kappa shape index (κ1) is 8.11. The van der Waals surface area contributed by atoms with Crippen molar-refractivity contribution < 1.29 is 9.59 Å². The molecule has 1 N–H and O–H groups in total. The molecule has 0 atom stereocenters. The van der Waals surface area contributed by atoms with E-state index in [1.807, 2.05) is 24.3 Å². The maximum atomic E-state index is 11.6. The van der Waals surface area contributed by atoms with Gasteiger partial charge in [-0.15, -0.1) is 0 Å². The van der Waals surface area contributed by atoms with Crippen LogP contribution < -0.4 is 15.8 Å². The second-order valence-electron chi connectivity index (χ2n) is 3.36. The van der Waals surface area contributed by atoms with Crippen LogP contribution in [0.1, 0.15) is 0 Å². The maximum absolute atomic E-state index is 11.6. The Kier molecular flexibility index (Phi) is 1.42. The van der Waals surface area contributed by atoms with Crippen molar-refractivity contribution in [3.63, 3.8) is 0 Å². The molecular formula is C11H6N2O2. The number of carbonyl (C=O) groups excluding carboxylic acids is 2. The van der Waals surface area contributed by atoms with Gasteiger partial charge in [0.2, 0.25) is 5.78 Å². The van der Waals surface area contributed by atoms with E-state index in [0.29, 0.717) is 5.70 Å². The first-order valence-electron chi connectivity index (χ1n) is 4.51. The van der Waals surface area contributed by atoms with Gasteiger partial charge in [0.1, 0.15) is 5.71 Å². The van der Waals surface area contributed by atoms with E-state index >= 15 is 0 Å². The highest BCUT2D eigenvalue weighted by atomic mass is 16.2. The topological polar surface area (TPSA) is 58.5 Å². The van der Waals surface area contributed by atoms with Gasteiger partial charge in [0.15, 0.2) is 0 Å². The van der Waals surface area contributed by atoms with E-state index in [1.165, 1.54) is 6.08 Å². The fourth-order valence-corrected chi connectivity index (χ4v) is 1.78. The highest BCUT2D eigenvalue weighted by molar-refractivity contribution is 6.65. The molecule has 3 rings (SSSR count). The van der Waals surface area contributed by atoms with Crippen LogP contribution in [0.25, 0.3) is 11.8 Å². The highest BCUT2D eigenvalue weighted by Gasteiger charge is 2.27. The molecule has 1 heterocycles. The van der Waals surface area contributed by atoms with Gasteiger partial charge in [-0.2, -0.15) is 4.99 Å². The summed E-state index contributed by atoms with van der Waals surface area (Å²) in [5.41, 5.74) is 0.752. The number of nitrogens with one attached hydrogen (secondary N) is 1. The molecule has 4 heteroatoms. The van der Waals surface area contributed by atoms with Gasteiger partial charge in [-0.1, -0.05) is 24.3 Å². The van der Waals surface area contributed by atoms with E-state index in [1.54, 1.807) is 0 Å². The van der Waals surface area contributed by atoms with Crippen LogP contribution in [0.15, 0.2) is 29.3 Å². The zero-order valence-corrected chi connectivity index (χ0v) is 7.65. The average Bonchev–Trinajstić information content (AvgIpc) is 2.61. The predicted octanol–water partition coefficient (Wildman–Crippen LogP) is -0.678. The van der Waals surface area contributed by atoms with E-state index < -0.39 is 6.03 Å². The number of urea groups is 1. The van der Waals surface area contributed by atoms with Crippen molar-refractivity contribution in [2.45, 2.75) is 0 Å². The molecule has 2 aliphatic rings. The molecule has 15 heavy (non-hydrogen) atoms. The zero-order valence-electron chi connectivity index (χ0n) is 7.65. The number of nitrogens with zero attached hydrogens (tertiary/aromatic N) is 1. The van der Waals surface area contributed by atoms with E-state index in [9.17, 15) is 9.59 Å². The summed E-state index contributed by atoms with van der Waals surface area (Å²) in [7, 11) is 0. The molecule has 4 nitrogen and oxygen atoms in total. The molecule has 1 aliphatic carbocycles. The molecule has 0 spiro atoms. The standard InChI is InChI=1S/C11H6N2O2/c14-8-5-6-3-1-2-4-7(6)9-10(8)13-11(15)12-9/h1-5H,(H,12,15). The van der Waals surface area contributed by atoms with Crippen LogP contribution >= 0.6 is 0 Å². The highest BCUT2D eigenvalue weighted by Crippen LogP contribution is 2.06. The van der Waals surface area contributed by atoms with Crippen molar-refractivity contribution in [3.8, 4) is 0 Å². The Morgan fingerprint density at radius 1 is 1.13 bits per heavy atom. The first-order valence-corrected chi connectivity index (χ1v) is 4.51. The van der Waals surface area contributed by atoms with Crippen LogP contribution in [0.2, 0.25) is 0 Å². The molecular weight excluding hydrogens is 192 g/mol. The number of benzene rings is 1. The van der Waals surface area contributed by atoms with Crippen molar-refractivity contribution >= 4 is 29.3 Å². The molecule has 0 bridgehead atoms. The fraction of sp³-hybridized carbons (Fsp3) is 0. The fourth-order valence-electron chi connectivity index (χ4n) is 1.78. The first-order chi connectivity index (χ1) is 7.25. The quantitative estimate of drug-likeness (QED) is 0.600. The van der Waals surface area contributed by atoms with Crippen LogP contribution in [0.4, 0.5) is 4.79 Å². The van der Waals surface area contributed by atoms with Gasteiger partial charge >= 0.3 is 6.03 Å². The van der Waals surface area contributed by atoms with Gasteiger partial charge in [-0.25, -0.2) is 4.79 Å². The Morgan fingerprint density at radius 2 is 1.93 bits per heavy atom. The molecule has 1 aromatic rings. The van der Waals surface area contributed by atoms with Crippen molar-refractivity contribution in [2.75, 3.05) is 0 Å². The van der Waals surface area contributed by atoms with Gasteiger partial charge in [0.05, 0.1) is 5.70 Å². The number of amides is 2. The summed E-state index contributed by atoms with van der Waals surface area (Å²) in [6.07, 6.45) is 1.50. The SMILES string of the molecule is O=C1N=C2C(=O)C=c3ccccc3=C2N1. The minimum atomic E-state index is -0.474. The molecule has 0 saturated heterocycles. The van der Waals surface area contributed by atoms with Crippen molar-refractivity contribution in [1.82, 2.24) is 5.32 Å². The van der Waals surface area contributed by atoms with E-state index in [4.69, 9.17) is 0 Å². The summed E-state index contributed by atoms with van der Waals surface area (Å²) in [6.45, 7) is 0. The van der Waals surface area contributed by atoms with Crippen LogP contribution in [0, 0.1) is 0 Å². The summed E-state index contributed by atoms with van der Waals surface area (Å²) in [6, 6.07) is 6.93. The van der Waals surface area contributed by atoms with E-state index in [2.05, 4.69) is 10.3 Å². The number of aliphatic imine (C=N–C) groups is 1. The van der Waals surface area contributed by atoms with Crippen molar-refractivity contribution in [2.24, 2.45) is 4.99 Å². The minimum absolute atomic E-state index is 0.220. The van der Waals surface area contributed by atoms with Gasteiger partial charge in [-0.05, 0) is 11.3 Å². The van der Waals surface area contributed by atoms with Gasteiger partial charge < -0.3 is 5.32 Å². The number of carbonyl (C=O) groups is 2. The smallest absolute Gasteiger partial charge is 0.303 e. The van der Waals surface area contributed by atoms with Gasteiger partial charge in [-0.3, -0.25) is 4.79 Å². The Balaban J connectivity index is 2.49. The number of hydrogen-bond donors (Lipinski definition) is 1.